The monoisotopic (exact) mass is 462 g/mol. The number of hydrogen-bond donors (Lipinski definition) is 0. The molecule has 1 nitrogen and oxygen atoms in total. The molecule has 2 heterocycles. The fraction of sp³-hybridized carbons (Fsp3) is 0. The summed E-state index contributed by atoms with van der Waals surface area (Å²) in [6.45, 7) is 0. The number of fused-ring (bicyclic) bond motifs is 6. The van der Waals surface area contributed by atoms with Crippen molar-refractivity contribution in [3.8, 4) is 11.1 Å². The van der Waals surface area contributed by atoms with Gasteiger partial charge in [0.25, 0.3) is 0 Å². The third kappa shape index (κ3) is 2.44. The zero-order chi connectivity index (χ0) is 18.8. The lowest BCUT2D eigenvalue weighted by atomic mass is 10.0. The van der Waals surface area contributed by atoms with E-state index in [1.165, 1.54) is 31.3 Å². The summed E-state index contributed by atoms with van der Waals surface area (Å²) in [5, 5.41) is 5.46. The molecule has 0 saturated heterocycles. The van der Waals surface area contributed by atoms with E-state index < -0.39 is 0 Å². The minimum atomic E-state index is 0.720. The summed E-state index contributed by atoms with van der Waals surface area (Å²) in [6, 6.07) is 25.2. The topological polar surface area (TPSA) is 13.1 Å². The molecule has 4 aromatic carbocycles. The van der Waals surface area contributed by atoms with Crippen LogP contribution in [0.3, 0.4) is 0 Å². The Hall–Kier alpha value is -2.33. The van der Waals surface area contributed by atoms with Crippen LogP contribution in [-0.4, -0.2) is 0 Å². The minimum Gasteiger partial charge on any atom is -0.456 e. The molecule has 4 heteroatoms. The molecule has 0 N–H and O–H groups in total. The van der Waals surface area contributed by atoms with Gasteiger partial charge in [-0.05, 0) is 53.6 Å². The average Bonchev–Trinajstić information content (AvgIpc) is 3.24. The Kier molecular flexibility index (Phi) is 3.61. The zero-order valence-corrected chi connectivity index (χ0v) is 17.7. The van der Waals surface area contributed by atoms with E-state index in [4.69, 9.17) is 16.0 Å². The van der Waals surface area contributed by atoms with E-state index in [9.17, 15) is 0 Å². The predicted octanol–water partition coefficient (Wildman–Crippen LogP) is 9.04. The van der Waals surface area contributed by atoms with Crippen molar-refractivity contribution < 1.29 is 4.42 Å². The largest absolute Gasteiger partial charge is 0.456 e. The number of thiophene rings is 1. The maximum atomic E-state index is 6.22. The molecule has 0 fully saturated rings. The number of halogens is 2. The van der Waals surface area contributed by atoms with Gasteiger partial charge in [-0.3, -0.25) is 0 Å². The summed E-state index contributed by atoms with van der Waals surface area (Å²) in [5.41, 5.74) is 4.18. The van der Waals surface area contributed by atoms with Gasteiger partial charge < -0.3 is 4.42 Å². The number of benzene rings is 4. The highest BCUT2D eigenvalue weighted by atomic mass is 79.9. The van der Waals surface area contributed by atoms with Crippen molar-refractivity contribution in [3.63, 3.8) is 0 Å². The molecule has 0 aliphatic heterocycles. The van der Waals surface area contributed by atoms with E-state index >= 15 is 0 Å². The molecule has 0 unspecified atom stereocenters. The van der Waals surface area contributed by atoms with Gasteiger partial charge in [-0.15, -0.1) is 11.3 Å². The van der Waals surface area contributed by atoms with Crippen molar-refractivity contribution in [1.82, 2.24) is 0 Å². The highest BCUT2D eigenvalue weighted by molar-refractivity contribution is 9.10. The number of hydrogen-bond acceptors (Lipinski definition) is 2. The summed E-state index contributed by atoms with van der Waals surface area (Å²) < 4.78 is 9.69. The number of furan rings is 1. The lowest BCUT2D eigenvalue weighted by Crippen LogP contribution is -1.78. The molecule has 6 aromatic rings. The van der Waals surface area contributed by atoms with Gasteiger partial charge in [0.1, 0.15) is 11.2 Å². The zero-order valence-electron chi connectivity index (χ0n) is 14.5. The van der Waals surface area contributed by atoms with Crippen LogP contribution in [0.4, 0.5) is 0 Å². The molecule has 0 bridgehead atoms. The maximum absolute atomic E-state index is 6.22. The second-order valence-electron chi connectivity index (χ2n) is 6.88. The minimum absolute atomic E-state index is 0.720. The molecule has 0 amide bonds. The predicted molar refractivity (Wildman–Crippen MR) is 125 cm³/mol. The molecule has 28 heavy (non-hydrogen) atoms. The first kappa shape index (κ1) is 16.6. The Morgan fingerprint density at radius 1 is 0.750 bits per heavy atom. The lowest BCUT2D eigenvalue weighted by Gasteiger charge is -2.04. The SMILES string of the molecule is Clc1ccc2oc3ccc(-c4cccc5c4sc4cc(Br)ccc45)cc3c2c1. The summed E-state index contributed by atoms with van der Waals surface area (Å²) in [7, 11) is 0. The van der Waals surface area contributed by atoms with Crippen molar-refractivity contribution >= 4 is 81.0 Å². The second kappa shape index (κ2) is 6.08. The van der Waals surface area contributed by atoms with Gasteiger partial charge in [0.15, 0.2) is 0 Å². The standard InChI is InChI=1S/C24H12BrClOS/c25-14-5-7-17-18-3-1-2-16(24(18)28-23(17)11-14)13-4-8-21-19(10-13)20-12-15(26)6-9-22(20)27-21/h1-12H. The van der Waals surface area contributed by atoms with E-state index in [1.54, 1.807) is 0 Å². The highest BCUT2D eigenvalue weighted by Gasteiger charge is 2.13. The molecule has 6 rings (SSSR count). The lowest BCUT2D eigenvalue weighted by molar-refractivity contribution is 0.669. The van der Waals surface area contributed by atoms with Crippen LogP contribution in [0.15, 0.2) is 81.7 Å². The first-order chi connectivity index (χ1) is 13.7. The van der Waals surface area contributed by atoms with Crippen molar-refractivity contribution in [2.24, 2.45) is 0 Å². The van der Waals surface area contributed by atoms with Gasteiger partial charge in [0, 0.05) is 40.4 Å². The molecule has 0 radical (unpaired) electrons. The Labute approximate surface area is 178 Å². The first-order valence-electron chi connectivity index (χ1n) is 8.90. The van der Waals surface area contributed by atoms with E-state index in [-0.39, 0.29) is 0 Å². The molecule has 134 valence electrons. The van der Waals surface area contributed by atoms with E-state index in [0.29, 0.717) is 0 Å². The van der Waals surface area contributed by atoms with Crippen LogP contribution < -0.4 is 0 Å². The quantitative estimate of drug-likeness (QED) is 0.237. The fourth-order valence-electron chi connectivity index (χ4n) is 3.92. The molecule has 2 aromatic heterocycles. The molecular formula is C24H12BrClOS. The van der Waals surface area contributed by atoms with Gasteiger partial charge in [0.05, 0.1) is 0 Å². The molecule has 0 spiro atoms. The average molecular weight is 464 g/mol. The number of rotatable bonds is 1. The Balaban J connectivity index is 1.66. The van der Waals surface area contributed by atoms with Crippen LogP contribution >= 0.6 is 38.9 Å². The summed E-state index contributed by atoms with van der Waals surface area (Å²) in [6.07, 6.45) is 0. The van der Waals surface area contributed by atoms with Gasteiger partial charge in [-0.25, -0.2) is 0 Å². The Bertz CT molecular complexity index is 1540. The maximum Gasteiger partial charge on any atom is 0.135 e. The van der Waals surface area contributed by atoms with Gasteiger partial charge in [-0.2, -0.15) is 0 Å². The Morgan fingerprint density at radius 2 is 1.57 bits per heavy atom. The van der Waals surface area contributed by atoms with Crippen LogP contribution in [0.1, 0.15) is 0 Å². The molecule has 0 atom stereocenters. The van der Waals surface area contributed by atoms with Crippen molar-refractivity contribution in [2.45, 2.75) is 0 Å². The van der Waals surface area contributed by atoms with Crippen molar-refractivity contribution in [3.05, 3.63) is 82.3 Å². The van der Waals surface area contributed by atoms with Crippen LogP contribution in [0.25, 0.3) is 53.2 Å². The normalized spacial score (nSPS) is 11.9. The second-order valence-corrected chi connectivity index (χ2v) is 9.28. The van der Waals surface area contributed by atoms with Crippen molar-refractivity contribution in [2.75, 3.05) is 0 Å². The van der Waals surface area contributed by atoms with Crippen LogP contribution in [0, 0.1) is 0 Å². The summed E-state index contributed by atoms with van der Waals surface area (Å²) in [4.78, 5) is 0. The van der Waals surface area contributed by atoms with Crippen LogP contribution in [0.2, 0.25) is 5.02 Å². The highest BCUT2D eigenvalue weighted by Crippen LogP contribution is 2.42. The summed E-state index contributed by atoms with van der Waals surface area (Å²) in [5.74, 6) is 0. The molecule has 0 aliphatic carbocycles. The fourth-order valence-corrected chi connectivity index (χ4v) is 5.88. The summed E-state index contributed by atoms with van der Waals surface area (Å²) >= 11 is 11.7. The van der Waals surface area contributed by atoms with E-state index in [0.717, 1.165) is 31.4 Å². The molecule has 0 aliphatic rings. The van der Waals surface area contributed by atoms with E-state index in [2.05, 4.69) is 70.5 Å². The van der Waals surface area contributed by atoms with Gasteiger partial charge in [0.2, 0.25) is 0 Å². The molecule has 0 saturated carbocycles. The third-order valence-electron chi connectivity index (χ3n) is 5.20. The van der Waals surface area contributed by atoms with E-state index in [1.807, 2.05) is 29.5 Å². The van der Waals surface area contributed by atoms with Crippen molar-refractivity contribution in [1.29, 1.82) is 0 Å². The third-order valence-corrected chi connectivity index (χ3v) is 7.13. The van der Waals surface area contributed by atoms with Crippen LogP contribution in [-0.2, 0) is 0 Å². The Morgan fingerprint density at radius 3 is 2.46 bits per heavy atom. The van der Waals surface area contributed by atoms with Gasteiger partial charge in [-0.1, -0.05) is 57.9 Å². The van der Waals surface area contributed by atoms with Crippen LogP contribution in [0.5, 0.6) is 0 Å². The first-order valence-corrected chi connectivity index (χ1v) is 10.9. The molecular weight excluding hydrogens is 452 g/mol. The van der Waals surface area contributed by atoms with Gasteiger partial charge >= 0.3 is 0 Å². The smallest absolute Gasteiger partial charge is 0.135 e.